The molecule has 9 heteroatoms. The van der Waals surface area contributed by atoms with Crippen molar-refractivity contribution in [3.05, 3.63) is 69.9 Å². The van der Waals surface area contributed by atoms with Crippen LogP contribution >= 0.6 is 0 Å². The minimum Gasteiger partial charge on any atom is -0.324 e. The highest BCUT2D eigenvalue weighted by Gasteiger charge is 2.40. The quantitative estimate of drug-likeness (QED) is 0.404. The van der Waals surface area contributed by atoms with Gasteiger partial charge in [-0.05, 0) is 95.3 Å². The third-order valence-corrected chi connectivity index (χ3v) is 8.01. The highest BCUT2D eigenvalue weighted by atomic mass is 16.1. The molecule has 2 aliphatic rings. The lowest BCUT2D eigenvalue weighted by molar-refractivity contribution is 0.316. The maximum Gasteiger partial charge on any atom is 0.278 e. The van der Waals surface area contributed by atoms with Crippen LogP contribution in [0.5, 0.6) is 0 Å². The molecule has 0 spiro atoms. The topological polar surface area (TPSA) is 113 Å². The number of anilines is 2. The molecule has 6 rings (SSSR count). The van der Waals surface area contributed by atoms with Crippen molar-refractivity contribution < 1.29 is 0 Å². The Morgan fingerprint density at radius 2 is 1.97 bits per heavy atom. The van der Waals surface area contributed by atoms with E-state index >= 15 is 0 Å². The van der Waals surface area contributed by atoms with Crippen LogP contribution < -0.4 is 16.2 Å². The van der Waals surface area contributed by atoms with Gasteiger partial charge in [0.25, 0.3) is 5.56 Å². The van der Waals surface area contributed by atoms with Crippen molar-refractivity contribution in [3.8, 4) is 11.8 Å². The van der Waals surface area contributed by atoms with Gasteiger partial charge >= 0.3 is 0 Å². The summed E-state index contributed by atoms with van der Waals surface area (Å²) >= 11 is 0. The molecule has 0 bridgehead atoms. The number of benzene rings is 1. The number of nitrogens with one attached hydrogen (secondary N) is 2. The number of hydrogen-bond acceptors (Lipinski definition) is 7. The second-order valence-corrected chi connectivity index (χ2v) is 11.2. The van der Waals surface area contributed by atoms with E-state index in [2.05, 4.69) is 52.7 Å². The zero-order valence-electron chi connectivity index (χ0n) is 22.2. The van der Waals surface area contributed by atoms with Crippen LogP contribution in [0.15, 0.2) is 47.5 Å². The second-order valence-electron chi connectivity index (χ2n) is 11.2. The molecule has 1 saturated carbocycles. The molecule has 1 aliphatic heterocycles. The fraction of sp³-hybridized carbons (Fsp3) is 0.414. The Morgan fingerprint density at radius 1 is 1.16 bits per heavy atom. The van der Waals surface area contributed by atoms with Crippen molar-refractivity contribution in [3.63, 3.8) is 0 Å². The smallest absolute Gasteiger partial charge is 0.278 e. The van der Waals surface area contributed by atoms with Crippen molar-refractivity contribution in [1.82, 2.24) is 29.6 Å². The molecule has 1 aromatic carbocycles. The van der Waals surface area contributed by atoms with Gasteiger partial charge in [-0.15, -0.1) is 0 Å². The minimum absolute atomic E-state index is 0.0651. The molecule has 2 N–H and O–H groups in total. The van der Waals surface area contributed by atoms with E-state index in [0.29, 0.717) is 17.0 Å². The Balaban J connectivity index is 1.45. The van der Waals surface area contributed by atoms with Gasteiger partial charge in [0.15, 0.2) is 5.65 Å². The van der Waals surface area contributed by atoms with E-state index < -0.39 is 5.41 Å². The van der Waals surface area contributed by atoms with Crippen LogP contribution in [0.1, 0.15) is 69.8 Å². The van der Waals surface area contributed by atoms with Crippen LogP contribution in [0.2, 0.25) is 0 Å². The summed E-state index contributed by atoms with van der Waals surface area (Å²) in [6, 6.07) is 12.5. The van der Waals surface area contributed by atoms with Crippen LogP contribution in [0.4, 0.5) is 11.6 Å². The largest absolute Gasteiger partial charge is 0.324 e. The van der Waals surface area contributed by atoms with E-state index in [1.807, 2.05) is 36.7 Å². The number of nitrogens with zero attached hydrogens (tertiary/aromatic N) is 6. The average Bonchev–Trinajstić information content (AvgIpc) is 3.15. The van der Waals surface area contributed by atoms with Gasteiger partial charge in [-0.1, -0.05) is 6.07 Å². The van der Waals surface area contributed by atoms with E-state index in [0.717, 1.165) is 49.3 Å². The van der Waals surface area contributed by atoms with Gasteiger partial charge in [0.05, 0.1) is 22.9 Å². The van der Waals surface area contributed by atoms with Crippen molar-refractivity contribution in [2.75, 3.05) is 11.9 Å². The first-order chi connectivity index (χ1) is 18.2. The summed E-state index contributed by atoms with van der Waals surface area (Å²) in [7, 11) is 0. The number of aromatic nitrogens is 5. The lowest BCUT2D eigenvalue weighted by Crippen LogP contribution is -2.42. The van der Waals surface area contributed by atoms with Crippen LogP contribution in [0.3, 0.4) is 0 Å². The summed E-state index contributed by atoms with van der Waals surface area (Å²) < 4.78 is 3.53. The highest BCUT2D eigenvalue weighted by molar-refractivity contribution is 5.77. The zero-order chi connectivity index (χ0) is 26.7. The minimum atomic E-state index is -0.555. The summed E-state index contributed by atoms with van der Waals surface area (Å²) in [5, 5.41) is 17.2. The van der Waals surface area contributed by atoms with E-state index in [1.54, 1.807) is 17.1 Å². The Hall–Kier alpha value is -4.03. The first-order valence-electron chi connectivity index (χ1n) is 13.3. The van der Waals surface area contributed by atoms with Gasteiger partial charge in [0.2, 0.25) is 5.95 Å². The summed E-state index contributed by atoms with van der Waals surface area (Å²) in [5.41, 5.74) is 4.74. The van der Waals surface area contributed by atoms with Gasteiger partial charge in [-0.25, -0.2) is 14.3 Å². The molecule has 0 atom stereocenters. The van der Waals surface area contributed by atoms with Gasteiger partial charge in [-0.3, -0.25) is 9.78 Å². The third-order valence-electron chi connectivity index (χ3n) is 8.01. The number of hydrogen-bond donors (Lipinski definition) is 2. The molecule has 194 valence electrons. The Morgan fingerprint density at radius 3 is 2.68 bits per heavy atom. The summed E-state index contributed by atoms with van der Waals surface area (Å²) in [5.74, 6) is 0.419. The molecule has 38 heavy (non-hydrogen) atoms. The van der Waals surface area contributed by atoms with Gasteiger partial charge in [-0.2, -0.15) is 10.2 Å². The van der Waals surface area contributed by atoms with Crippen molar-refractivity contribution in [1.29, 1.82) is 5.26 Å². The number of fused-ring (bicyclic) bond motifs is 2. The molecule has 4 heterocycles. The first kappa shape index (κ1) is 24.3. The fourth-order valence-corrected chi connectivity index (χ4v) is 5.76. The van der Waals surface area contributed by atoms with Crippen molar-refractivity contribution in [2.45, 2.75) is 70.4 Å². The molecular weight excluding hydrogens is 476 g/mol. The molecule has 1 fully saturated rings. The lowest BCUT2D eigenvalue weighted by Gasteiger charge is -2.34. The van der Waals surface area contributed by atoms with Crippen molar-refractivity contribution in [2.24, 2.45) is 0 Å². The average molecular weight is 509 g/mol. The van der Waals surface area contributed by atoms with Crippen LogP contribution in [0.25, 0.3) is 16.7 Å². The summed E-state index contributed by atoms with van der Waals surface area (Å²) in [6.07, 6.45) is 6.88. The zero-order valence-corrected chi connectivity index (χ0v) is 22.2. The lowest BCUT2D eigenvalue weighted by atomic mass is 9.67. The molecule has 1 aliphatic carbocycles. The third kappa shape index (κ3) is 3.79. The Kier molecular flexibility index (Phi) is 5.61. The van der Waals surface area contributed by atoms with E-state index in [4.69, 9.17) is 4.98 Å². The molecule has 0 unspecified atom stereocenters. The summed E-state index contributed by atoms with van der Waals surface area (Å²) in [6.45, 7) is 9.26. The van der Waals surface area contributed by atoms with Gasteiger partial charge in [0, 0.05) is 29.7 Å². The Bertz CT molecular complexity index is 1650. The van der Waals surface area contributed by atoms with Crippen LogP contribution in [-0.2, 0) is 17.4 Å². The monoisotopic (exact) mass is 508 g/mol. The molecule has 0 amide bonds. The summed E-state index contributed by atoms with van der Waals surface area (Å²) in [4.78, 5) is 27.3. The molecule has 4 aromatic rings. The second kappa shape index (κ2) is 8.77. The Labute approximate surface area is 221 Å². The molecule has 0 saturated heterocycles. The molecule has 3 aromatic heterocycles. The predicted molar refractivity (Wildman–Crippen MR) is 147 cm³/mol. The maximum absolute atomic E-state index is 13.4. The number of rotatable bonds is 5. The highest BCUT2D eigenvalue weighted by Crippen LogP contribution is 2.42. The normalized spacial score (nSPS) is 17.6. The predicted octanol–water partition coefficient (Wildman–Crippen LogP) is 4.63. The van der Waals surface area contributed by atoms with Crippen LogP contribution in [-0.4, -0.2) is 30.9 Å². The van der Waals surface area contributed by atoms with E-state index in [9.17, 15) is 10.1 Å². The van der Waals surface area contributed by atoms with Gasteiger partial charge < -0.3 is 10.6 Å². The molecule has 0 radical (unpaired) electrons. The SMILES string of the molecule is CC(C)n1c(=O)c2cnc(Nc3ccc4c(c3)CCNC4(C)C)nc2n1-c1ccnc(C2(C#N)CCC2)c1. The molecular formula is C29H32N8O. The number of nitriles is 1. The fourth-order valence-electron chi connectivity index (χ4n) is 5.76. The van der Waals surface area contributed by atoms with Crippen LogP contribution in [0, 0.1) is 11.3 Å². The van der Waals surface area contributed by atoms with E-state index in [-0.39, 0.29) is 17.1 Å². The maximum atomic E-state index is 13.4. The van der Waals surface area contributed by atoms with E-state index in [1.165, 1.54) is 11.1 Å². The molecule has 9 nitrogen and oxygen atoms in total. The number of pyridine rings is 1. The standard InChI is InChI=1S/C29H32N8O/c1-18(2)36-26(38)22-16-32-27(34-20-6-7-23-19(14-20)8-13-33-28(23,3)4)35-25(22)37(36)21-9-12-31-24(15-21)29(17-30)10-5-11-29/h6-7,9,12,14-16,18,33H,5,8,10-11,13H2,1-4H3,(H,32,34,35). The van der Waals surface area contributed by atoms with Crippen molar-refractivity contribution >= 4 is 22.7 Å². The first-order valence-corrected chi connectivity index (χ1v) is 13.3. The van der Waals surface area contributed by atoms with Gasteiger partial charge in [0.1, 0.15) is 5.39 Å².